The molecule has 1 aromatic heterocycles. The number of aliphatic hydroxyl groups is 2. The number of benzene rings is 5. The van der Waals surface area contributed by atoms with E-state index < -0.39 is 41.9 Å². The molecule has 5 aromatic carbocycles. The Kier molecular flexibility index (Phi) is 4.82. The van der Waals surface area contributed by atoms with Crippen LogP contribution in [0.1, 0.15) is 17.4 Å². The van der Waals surface area contributed by atoms with Gasteiger partial charge in [0.25, 0.3) is 5.56 Å². The number of hydrogen-bond donors (Lipinski definition) is 3. The summed E-state index contributed by atoms with van der Waals surface area (Å²) >= 11 is 0. The zero-order valence-corrected chi connectivity index (χ0v) is 21.0. The van der Waals surface area contributed by atoms with Gasteiger partial charge >= 0.3 is 5.69 Å². The number of aromatic nitrogens is 2. The highest BCUT2D eigenvalue weighted by atomic mass is 16.7. The highest BCUT2D eigenvalue weighted by Gasteiger charge is 2.61. The molecule has 6 aromatic rings. The topological polar surface area (TPSA) is 114 Å². The number of ether oxygens (including phenoxy) is 2. The minimum absolute atomic E-state index is 0.0145. The minimum atomic E-state index is -1.30. The second-order valence-corrected chi connectivity index (χ2v) is 10.5. The van der Waals surface area contributed by atoms with Gasteiger partial charge in [-0.25, -0.2) is 4.79 Å². The first-order chi connectivity index (χ1) is 19.5. The molecule has 0 saturated carbocycles. The standard InChI is InChI=1S/C32H22N2O6/c35-15-32-16-39-27(28(32)36)30(40-32)34-14-19(29(37)33-31(34)38)11-10-17-12-13-24-22-8-2-5-18-4-1-7-21(25(18)22)23-9-3-6-20(17)26(23)24/h1-9,12-14,27-28,30,35-36H,15-16H2,(H,33,37,38)/t27-,28-,30+,32-/m0/s1. The van der Waals surface area contributed by atoms with Crippen molar-refractivity contribution in [3.05, 3.63) is 105 Å². The van der Waals surface area contributed by atoms with Crippen LogP contribution in [0.3, 0.4) is 0 Å². The van der Waals surface area contributed by atoms with Crippen LogP contribution in [0.25, 0.3) is 43.1 Å². The van der Waals surface area contributed by atoms with Crippen molar-refractivity contribution in [1.82, 2.24) is 9.55 Å². The number of hydrogen-bond acceptors (Lipinski definition) is 6. The van der Waals surface area contributed by atoms with Gasteiger partial charge < -0.3 is 19.7 Å². The number of rotatable bonds is 2. The van der Waals surface area contributed by atoms with Crippen molar-refractivity contribution in [2.45, 2.75) is 24.0 Å². The summed E-state index contributed by atoms with van der Waals surface area (Å²) in [6.45, 7) is -0.448. The van der Waals surface area contributed by atoms with E-state index in [1.807, 2.05) is 18.2 Å². The molecule has 3 heterocycles. The molecule has 0 aliphatic carbocycles. The minimum Gasteiger partial charge on any atom is -0.393 e. The van der Waals surface area contributed by atoms with Crippen molar-refractivity contribution in [2.24, 2.45) is 0 Å². The maximum atomic E-state index is 12.7. The summed E-state index contributed by atoms with van der Waals surface area (Å²) in [4.78, 5) is 27.7. The molecule has 40 heavy (non-hydrogen) atoms. The molecule has 2 fully saturated rings. The van der Waals surface area contributed by atoms with Crippen molar-refractivity contribution in [3.8, 4) is 11.8 Å². The third-order valence-corrected chi connectivity index (χ3v) is 8.37. The third-order valence-electron chi connectivity index (χ3n) is 8.37. The highest BCUT2D eigenvalue weighted by Crippen LogP contribution is 2.44. The Morgan fingerprint density at radius 3 is 2.25 bits per heavy atom. The number of nitrogens with one attached hydrogen (secondary N) is 1. The van der Waals surface area contributed by atoms with E-state index in [9.17, 15) is 19.8 Å². The van der Waals surface area contributed by atoms with Gasteiger partial charge in [0, 0.05) is 11.8 Å². The largest absolute Gasteiger partial charge is 0.393 e. The number of aliphatic hydroxyl groups excluding tert-OH is 2. The van der Waals surface area contributed by atoms with Crippen LogP contribution < -0.4 is 11.2 Å². The lowest BCUT2D eigenvalue weighted by molar-refractivity contribution is -0.187. The first-order valence-electron chi connectivity index (χ1n) is 13.0. The van der Waals surface area contributed by atoms with Gasteiger partial charge in [0.15, 0.2) is 6.23 Å². The Morgan fingerprint density at radius 1 is 0.875 bits per heavy atom. The molecule has 2 aliphatic rings. The van der Waals surface area contributed by atoms with Gasteiger partial charge in [-0.05, 0) is 49.2 Å². The predicted octanol–water partition coefficient (Wildman–Crippen LogP) is 3.01. The fourth-order valence-electron chi connectivity index (χ4n) is 6.41. The van der Waals surface area contributed by atoms with E-state index in [0.29, 0.717) is 0 Å². The zero-order chi connectivity index (χ0) is 27.2. The second kappa shape index (κ2) is 8.24. The molecule has 0 radical (unpaired) electrons. The van der Waals surface area contributed by atoms with Gasteiger partial charge in [-0.15, -0.1) is 0 Å². The summed E-state index contributed by atoms with van der Waals surface area (Å²) in [7, 11) is 0. The third kappa shape index (κ3) is 3.06. The SMILES string of the molecule is O=c1[nH]c(=O)n([C@@H]2O[C@@]3(CO)CO[C@H]2[C@@H]3O)cc1C#Cc1ccc2c3cccc4cccc(c5cccc1c52)c43. The fourth-order valence-corrected chi connectivity index (χ4v) is 6.41. The Balaban J connectivity index is 1.28. The molecule has 0 amide bonds. The molecule has 4 atom stereocenters. The fraction of sp³-hybridized carbons (Fsp3) is 0.188. The van der Waals surface area contributed by atoms with Crippen LogP contribution in [0, 0.1) is 11.8 Å². The average molecular weight is 531 g/mol. The lowest BCUT2D eigenvalue weighted by Gasteiger charge is -2.29. The summed E-state index contributed by atoms with van der Waals surface area (Å²) in [5, 5.41) is 29.4. The zero-order valence-electron chi connectivity index (χ0n) is 21.0. The summed E-state index contributed by atoms with van der Waals surface area (Å²) < 4.78 is 12.6. The molecule has 3 N–H and O–H groups in total. The lowest BCUT2D eigenvalue weighted by Crippen LogP contribution is -2.44. The molecule has 196 valence electrons. The van der Waals surface area contributed by atoms with E-state index in [-0.39, 0.29) is 12.2 Å². The van der Waals surface area contributed by atoms with E-state index in [1.165, 1.54) is 27.7 Å². The second-order valence-electron chi connectivity index (χ2n) is 10.5. The van der Waals surface area contributed by atoms with Crippen LogP contribution in [0.2, 0.25) is 0 Å². The Labute approximate surface area is 226 Å². The highest BCUT2D eigenvalue weighted by molar-refractivity contribution is 6.33. The van der Waals surface area contributed by atoms with E-state index in [0.717, 1.165) is 31.7 Å². The molecule has 8 nitrogen and oxygen atoms in total. The molecule has 8 heteroatoms. The lowest BCUT2D eigenvalue weighted by atomic mass is 9.88. The quantitative estimate of drug-likeness (QED) is 0.180. The molecule has 0 spiro atoms. The van der Waals surface area contributed by atoms with Crippen molar-refractivity contribution in [3.63, 3.8) is 0 Å². The van der Waals surface area contributed by atoms with E-state index in [1.54, 1.807) is 0 Å². The van der Waals surface area contributed by atoms with E-state index >= 15 is 0 Å². The maximum Gasteiger partial charge on any atom is 0.330 e. The van der Waals surface area contributed by atoms with Crippen LogP contribution in [0.5, 0.6) is 0 Å². The number of aromatic amines is 1. The molecule has 2 aliphatic heterocycles. The van der Waals surface area contributed by atoms with Crippen molar-refractivity contribution in [2.75, 3.05) is 13.2 Å². The Hall–Kier alpha value is -4.52. The predicted molar refractivity (Wildman–Crippen MR) is 151 cm³/mol. The van der Waals surface area contributed by atoms with Crippen molar-refractivity contribution in [1.29, 1.82) is 0 Å². The normalized spacial score (nSPS) is 23.9. The van der Waals surface area contributed by atoms with Gasteiger partial charge in [-0.3, -0.25) is 14.3 Å². The van der Waals surface area contributed by atoms with Gasteiger partial charge in [0.1, 0.15) is 23.4 Å². The monoisotopic (exact) mass is 530 g/mol. The molecule has 2 bridgehead atoms. The van der Waals surface area contributed by atoms with Gasteiger partial charge in [0.2, 0.25) is 0 Å². The summed E-state index contributed by atoms with van der Waals surface area (Å²) in [6, 6.07) is 22.9. The molecular formula is C32H22N2O6. The maximum absolute atomic E-state index is 12.7. The van der Waals surface area contributed by atoms with Crippen LogP contribution >= 0.6 is 0 Å². The molecule has 8 rings (SSSR count). The summed E-state index contributed by atoms with van der Waals surface area (Å²) in [6.07, 6.45) is -1.65. The first-order valence-corrected chi connectivity index (χ1v) is 13.0. The smallest absolute Gasteiger partial charge is 0.330 e. The average Bonchev–Trinajstić information content (AvgIpc) is 3.45. The van der Waals surface area contributed by atoms with Gasteiger partial charge in [-0.1, -0.05) is 72.5 Å². The first kappa shape index (κ1) is 23.4. The molecule has 0 unspecified atom stereocenters. The number of H-pyrrole nitrogens is 1. The van der Waals surface area contributed by atoms with Crippen molar-refractivity contribution < 1.29 is 19.7 Å². The van der Waals surface area contributed by atoms with Gasteiger partial charge in [0.05, 0.1) is 13.2 Å². The van der Waals surface area contributed by atoms with Gasteiger partial charge in [-0.2, -0.15) is 0 Å². The number of nitrogens with zero attached hydrogens (tertiary/aromatic N) is 1. The van der Waals surface area contributed by atoms with E-state index in [2.05, 4.69) is 65.4 Å². The van der Waals surface area contributed by atoms with Crippen LogP contribution in [0.4, 0.5) is 0 Å². The molecular weight excluding hydrogens is 508 g/mol. The van der Waals surface area contributed by atoms with Crippen LogP contribution in [0.15, 0.2) is 82.5 Å². The van der Waals surface area contributed by atoms with E-state index in [4.69, 9.17) is 9.47 Å². The molecule has 2 saturated heterocycles. The van der Waals surface area contributed by atoms with Crippen molar-refractivity contribution >= 4 is 43.1 Å². The summed E-state index contributed by atoms with van der Waals surface area (Å²) in [5.74, 6) is 6.09. The Bertz CT molecular complexity index is 2140. The number of fused-ring (bicyclic) bond motifs is 4. The Morgan fingerprint density at radius 2 is 1.52 bits per heavy atom. The van der Waals surface area contributed by atoms with Crippen LogP contribution in [-0.2, 0) is 9.47 Å². The van der Waals surface area contributed by atoms with Crippen LogP contribution in [-0.4, -0.2) is 50.8 Å². The summed E-state index contributed by atoms with van der Waals surface area (Å²) in [5.41, 5.74) is -1.83.